The molecule has 178 valence electrons. The van der Waals surface area contributed by atoms with Crippen LogP contribution in [0.15, 0.2) is 65.2 Å². The molecule has 3 nitrogen and oxygen atoms in total. The van der Waals surface area contributed by atoms with Gasteiger partial charge in [0.1, 0.15) is 24.0 Å². The highest BCUT2D eigenvalue weighted by molar-refractivity contribution is 6.19. The summed E-state index contributed by atoms with van der Waals surface area (Å²) in [7, 11) is 2.14. The van der Waals surface area contributed by atoms with Gasteiger partial charge in [0.05, 0.1) is 16.3 Å². The third kappa shape index (κ3) is 2.83. The second-order valence-corrected chi connectivity index (χ2v) is 11.6. The standard InChI is InChI=1S/C33H30NO2/c1-18-22-11-7-8-12-23(22)19(2)30-26(18)29-27-20(14-15-34(29)6)16-25-28(32(27)36-30)24-13-9-10-21(31(24)35-25)17-33(3,4)5/h7-16H,17H2,1-6H3/q+1. The van der Waals surface area contributed by atoms with E-state index in [1.807, 2.05) is 0 Å². The molecule has 6 aromatic rings. The van der Waals surface area contributed by atoms with Gasteiger partial charge in [-0.3, -0.25) is 0 Å². The molecular weight excluding hydrogens is 442 g/mol. The van der Waals surface area contributed by atoms with Gasteiger partial charge >= 0.3 is 0 Å². The van der Waals surface area contributed by atoms with Crippen LogP contribution in [0.25, 0.3) is 54.7 Å². The fourth-order valence-corrected chi connectivity index (χ4v) is 6.20. The number of aromatic nitrogens is 1. The Morgan fingerprint density at radius 3 is 2.28 bits per heavy atom. The van der Waals surface area contributed by atoms with Crippen LogP contribution in [0, 0.1) is 19.3 Å². The van der Waals surface area contributed by atoms with Crippen molar-refractivity contribution >= 4 is 43.5 Å². The van der Waals surface area contributed by atoms with Crippen molar-refractivity contribution in [2.75, 3.05) is 0 Å². The van der Waals surface area contributed by atoms with Crippen LogP contribution in [-0.4, -0.2) is 0 Å². The molecule has 4 aromatic carbocycles. The number of benzene rings is 4. The zero-order valence-corrected chi connectivity index (χ0v) is 21.7. The molecule has 7 rings (SSSR count). The number of ether oxygens (including phenoxy) is 1. The normalized spacial score (nSPS) is 13.1. The van der Waals surface area contributed by atoms with Crippen LogP contribution in [0.1, 0.15) is 37.5 Å². The smallest absolute Gasteiger partial charge is 0.228 e. The van der Waals surface area contributed by atoms with Gasteiger partial charge in [-0.15, -0.1) is 0 Å². The van der Waals surface area contributed by atoms with Gasteiger partial charge in [-0.1, -0.05) is 63.2 Å². The van der Waals surface area contributed by atoms with Gasteiger partial charge in [0.15, 0.2) is 11.9 Å². The summed E-state index contributed by atoms with van der Waals surface area (Å²) in [6.45, 7) is 11.2. The van der Waals surface area contributed by atoms with Crippen LogP contribution < -0.4 is 9.30 Å². The maximum atomic E-state index is 6.97. The lowest BCUT2D eigenvalue weighted by molar-refractivity contribution is -0.659. The van der Waals surface area contributed by atoms with E-state index in [-0.39, 0.29) is 5.41 Å². The topological polar surface area (TPSA) is 26.2 Å². The minimum Gasteiger partial charge on any atom is -0.456 e. The Balaban J connectivity index is 1.65. The molecule has 0 N–H and O–H groups in total. The minimum atomic E-state index is 0.165. The largest absolute Gasteiger partial charge is 0.456 e. The molecule has 0 aliphatic carbocycles. The summed E-state index contributed by atoms with van der Waals surface area (Å²) in [5.74, 6) is 1.86. The quantitative estimate of drug-likeness (QED) is 0.223. The molecule has 0 saturated carbocycles. The Bertz CT molecular complexity index is 1900. The number of fused-ring (bicyclic) bond motifs is 7. The molecule has 0 fully saturated rings. The van der Waals surface area contributed by atoms with Crippen molar-refractivity contribution in [1.29, 1.82) is 0 Å². The molecule has 1 aliphatic heterocycles. The van der Waals surface area contributed by atoms with Gasteiger partial charge < -0.3 is 9.15 Å². The Morgan fingerprint density at radius 2 is 1.53 bits per heavy atom. The first kappa shape index (κ1) is 21.4. The van der Waals surface area contributed by atoms with Crippen molar-refractivity contribution in [1.82, 2.24) is 0 Å². The Hall–Kier alpha value is -3.85. The summed E-state index contributed by atoms with van der Waals surface area (Å²) in [6.07, 6.45) is 3.10. The number of rotatable bonds is 1. The second kappa shape index (κ2) is 7.10. The Labute approximate surface area is 210 Å². The number of hydrogen-bond acceptors (Lipinski definition) is 2. The van der Waals surface area contributed by atoms with Gasteiger partial charge in [-0.2, -0.15) is 0 Å². The van der Waals surface area contributed by atoms with Crippen LogP contribution in [0.4, 0.5) is 0 Å². The molecule has 36 heavy (non-hydrogen) atoms. The van der Waals surface area contributed by atoms with Crippen molar-refractivity contribution in [3.63, 3.8) is 0 Å². The van der Waals surface area contributed by atoms with Crippen molar-refractivity contribution in [3.8, 4) is 22.8 Å². The number of furan rings is 1. The first-order valence-corrected chi connectivity index (χ1v) is 12.7. The lowest BCUT2D eigenvalue weighted by Crippen LogP contribution is -2.32. The third-order valence-electron chi connectivity index (χ3n) is 7.76. The molecule has 0 unspecified atom stereocenters. The van der Waals surface area contributed by atoms with Gasteiger partial charge in [0.25, 0.3) is 0 Å². The van der Waals surface area contributed by atoms with E-state index in [1.54, 1.807) is 0 Å². The molecule has 0 spiro atoms. The molecule has 0 saturated heterocycles. The second-order valence-electron chi connectivity index (χ2n) is 11.6. The summed E-state index contributed by atoms with van der Waals surface area (Å²) in [5, 5.41) is 7.00. The van der Waals surface area contributed by atoms with Crippen LogP contribution in [0.5, 0.6) is 11.5 Å². The average Bonchev–Trinajstić information content (AvgIpc) is 3.23. The predicted octanol–water partition coefficient (Wildman–Crippen LogP) is 8.70. The van der Waals surface area contributed by atoms with E-state index < -0.39 is 0 Å². The van der Waals surface area contributed by atoms with Crippen LogP contribution in [0.2, 0.25) is 0 Å². The lowest BCUT2D eigenvalue weighted by atomic mass is 9.87. The zero-order valence-electron chi connectivity index (χ0n) is 21.7. The maximum Gasteiger partial charge on any atom is 0.228 e. The van der Waals surface area contributed by atoms with E-state index in [4.69, 9.17) is 9.15 Å². The highest BCUT2D eigenvalue weighted by Crippen LogP contribution is 2.54. The van der Waals surface area contributed by atoms with Gasteiger partial charge in [-0.25, -0.2) is 4.57 Å². The molecule has 0 bridgehead atoms. The summed E-state index contributed by atoms with van der Waals surface area (Å²) in [6, 6.07) is 19.5. The van der Waals surface area contributed by atoms with E-state index in [2.05, 4.69) is 107 Å². The third-order valence-corrected chi connectivity index (χ3v) is 7.76. The predicted molar refractivity (Wildman–Crippen MR) is 148 cm³/mol. The van der Waals surface area contributed by atoms with Crippen molar-refractivity contribution < 1.29 is 13.7 Å². The van der Waals surface area contributed by atoms with E-state index in [0.717, 1.165) is 50.6 Å². The maximum absolute atomic E-state index is 6.97. The lowest BCUT2D eigenvalue weighted by Gasteiger charge is -2.24. The van der Waals surface area contributed by atoms with Crippen molar-refractivity contribution in [3.05, 3.63) is 77.5 Å². The van der Waals surface area contributed by atoms with Gasteiger partial charge in [0.2, 0.25) is 5.69 Å². The molecule has 3 heteroatoms. The fraction of sp³-hybridized carbons (Fsp3) is 0.242. The van der Waals surface area contributed by atoms with Crippen LogP contribution >= 0.6 is 0 Å². The van der Waals surface area contributed by atoms with Crippen molar-refractivity contribution in [2.24, 2.45) is 12.5 Å². The molecule has 3 heterocycles. The summed E-state index contributed by atoms with van der Waals surface area (Å²) < 4.78 is 15.8. The van der Waals surface area contributed by atoms with Crippen LogP contribution in [0.3, 0.4) is 0 Å². The number of aryl methyl sites for hydroxylation is 3. The number of pyridine rings is 1. The monoisotopic (exact) mass is 472 g/mol. The van der Waals surface area contributed by atoms with Crippen molar-refractivity contribution in [2.45, 2.75) is 41.0 Å². The SMILES string of the molecule is Cc1c2c(c(C)c3ccccc13)-c1c3c(c4c(cc3cc[n+]1C)oc1c(CC(C)(C)C)cccc14)O2. The summed E-state index contributed by atoms with van der Waals surface area (Å²) >= 11 is 0. The molecule has 0 radical (unpaired) electrons. The highest BCUT2D eigenvalue weighted by Gasteiger charge is 2.34. The van der Waals surface area contributed by atoms with Gasteiger partial charge in [0, 0.05) is 22.4 Å². The first-order valence-electron chi connectivity index (χ1n) is 12.7. The minimum absolute atomic E-state index is 0.165. The fourth-order valence-electron chi connectivity index (χ4n) is 6.20. The van der Waals surface area contributed by atoms with E-state index in [9.17, 15) is 0 Å². The van der Waals surface area contributed by atoms with E-state index >= 15 is 0 Å². The van der Waals surface area contributed by atoms with E-state index in [0.29, 0.717) is 0 Å². The zero-order chi connectivity index (χ0) is 24.9. The molecule has 1 aliphatic rings. The molecule has 0 amide bonds. The van der Waals surface area contributed by atoms with Crippen LogP contribution in [-0.2, 0) is 13.5 Å². The van der Waals surface area contributed by atoms with E-state index in [1.165, 1.54) is 38.7 Å². The number of para-hydroxylation sites is 1. The number of hydrogen-bond donors (Lipinski definition) is 0. The number of nitrogens with zero attached hydrogens (tertiary/aromatic N) is 1. The highest BCUT2D eigenvalue weighted by atomic mass is 16.5. The molecule has 0 atom stereocenters. The summed E-state index contributed by atoms with van der Waals surface area (Å²) in [4.78, 5) is 0. The summed E-state index contributed by atoms with van der Waals surface area (Å²) in [5.41, 5.74) is 8.08. The average molecular weight is 473 g/mol. The molecular formula is C33H30NO2+. The molecule has 2 aromatic heterocycles. The first-order chi connectivity index (χ1) is 17.2. The Morgan fingerprint density at radius 1 is 0.806 bits per heavy atom. The Kier molecular flexibility index (Phi) is 4.23. The van der Waals surface area contributed by atoms with Gasteiger partial charge in [-0.05, 0) is 53.6 Å².